The first kappa shape index (κ1) is 29.7. The first-order chi connectivity index (χ1) is 16.3. The van der Waals surface area contributed by atoms with Crippen LogP contribution in [0.5, 0.6) is 5.75 Å². The maximum absolute atomic E-state index is 13.3. The minimum absolute atomic E-state index is 0.0173. The molecule has 35 heavy (non-hydrogen) atoms. The van der Waals surface area contributed by atoms with Gasteiger partial charge < -0.3 is 35.2 Å². The molecule has 0 heterocycles. The summed E-state index contributed by atoms with van der Waals surface area (Å²) in [6, 6.07) is 1.95. The summed E-state index contributed by atoms with van der Waals surface area (Å²) in [4.78, 5) is 51.6. The molecule has 0 aliphatic carbocycles. The molecule has 2 unspecified atom stereocenters. The highest BCUT2D eigenvalue weighted by molar-refractivity contribution is 5.92. The van der Waals surface area contributed by atoms with Crippen molar-refractivity contribution in [3.63, 3.8) is 0 Å². The van der Waals surface area contributed by atoms with Crippen molar-refractivity contribution in [1.82, 2.24) is 15.5 Å². The Labute approximate surface area is 205 Å². The van der Waals surface area contributed by atoms with Crippen LogP contribution in [0.25, 0.3) is 0 Å². The van der Waals surface area contributed by atoms with Gasteiger partial charge in [-0.15, -0.1) is 0 Å². The molecular formula is C24H37N3O8. The van der Waals surface area contributed by atoms with Gasteiger partial charge >= 0.3 is 12.1 Å². The number of carbonyl (C=O) groups excluding carboxylic acids is 4. The van der Waals surface area contributed by atoms with Crippen LogP contribution >= 0.6 is 0 Å². The Hall–Kier alpha value is -3.34. The number of carbonyl (C=O) groups is 4. The number of aryl methyl sites for hydroxylation is 1. The fourth-order valence-electron chi connectivity index (χ4n) is 3.24. The molecule has 1 rings (SSSR count). The number of aliphatic hydroxyl groups excluding tert-OH is 1. The van der Waals surface area contributed by atoms with Crippen LogP contribution in [0.15, 0.2) is 18.2 Å². The van der Waals surface area contributed by atoms with Crippen LogP contribution in [0.1, 0.15) is 58.2 Å². The molecule has 11 heteroatoms. The van der Waals surface area contributed by atoms with E-state index in [1.807, 2.05) is 0 Å². The first-order valence-electron chi connectivity index (χ1n) is 11.5. The van der Waals surface area contributed by atoms with Crippen LogP contribution in [0, 0.1) is 6.92 Å². The van der Waals surface area contributed by atoms with Gasteiger partial charge in [0.15, 0.2) is 0 Å². The largest absolute Gasteiger partial charge is 0.508 e. The second-order valence-electron chi connectivity index (χ2n) is 8.80. The van der Waals surface area contributed by atoms with Crippen LogP contribution in [0.3, 0.4) is 0 Å². The molecule has 0 bridgehead atoms. The van der Waals surface area contributed by atoms with Gasteiger partial charge in [0.25, 0.3) is 0 Å². The van der Waals surface area contributed by atoms with Gasteiger partial charge in [-0.25, -0.2) is 4.79 Å². The zero-order valence-corrected chi connectivity index (χ0v) is 21.2. The zero-order valence-electron chi connectivity index (χ0n) is 21.2. The van der Waals surface area contributed by atoms with Gasteiger partial charge in [-0.1, -0.05) is 6.07 Å². The molecule has 0 aliphatic rings. The number of benzene rings is 1. The Kier molecular flexibility index (Phi) is 11.5. The monoisotopic (exact) mass is 495 g/mol. The average Bonchev–Trinajstić information content (AvgIpc) is 2.76. The summed E-state index contributed by atoms with van der Waals surface area (Å²) in [5.41, 5.74) is 0.0710. The van der Waals surface area contributed by atoms with E-state index in [4.69, 9.17) is 9.47 Å². The van der Waals surface area contributed by atoms with Gasteiger partial charge in [-0.05, 0) is 64.8 Å². The van der Waals surface area contributed by atoms with E-state index in [-0.39, 0.29) is 31.9 Å². The molecule has 1 aromatic rings. The van der Waals surface area contributed by atoms with Crippen molar-refractivity contribution in [3.8, 4) is 5.75 Å². The smallest absolute Gasteiger partial charge is 0.408 e. The van der Waals surface area contributed by atoms with Crippen LogP contribution in [0.4, 0.5) is 4.79 Å². The van der Waals surface area contributed by atoms with E-state index in [0.29, 0.717) is 11.1 Å². The number of likely N-dealkylation sites (N-methyl/N-ethyl adjacent to an activating group) is 1. The van der Waals surface area contributed by atoms with Crippen LogP contribution in [0.2, 0.25) is 0 Å². The number of phenols is 1. The van der Waals surface area contributed by atoms with Crippen molar-refractivity contribution in [2.45, 2.75) is 65.6 Å². The quantitative estimate of drug-likeness (QED) is 0.337. The van der Waals surface area contributed by atoms with Crippen LogP contribution in [-0.4, -0.2) is 76.9 Å². The summed E-state index contributed by atoms with van der Waals surface area (Å²) in [7, 11) is 0. The predicted molar refractivity (Wildman–Crippen MR) is 127 cm³/mol. The van der Waals surface area contributed by atoms with E-state index in [2.05, 4.69) is 10.6 Å². The third kappa shape index (κ3) is 9.44. The third-order valence-corrected chi connectivity index (χ3v) is 4.83. The van der Waals surface area contributed by atoms with Crippen molar-refractivity contribution in [3.05, 3.63) is 29.3 Å². The van der Waals surface area contributed by atoms with Crippen molar-refractivity contribution in [2.75, 3.05) is 26.3 Å². The van der Waals surface area contributed by atoms with Gasteiger partial charge in [-0.2, -0.15) is 0 Å². The summed E-state index contributed by atoms with van der Waals surface area (Å²) in [5, 5.41) is 24.7. The predicted octanol–water partition coefficient (Wildman–Crippen LogP) is 1.55. The number of phenolic OH excluding ortho intramolecular Hbond substituents is 1. The van der Waals surface area contributed by atoms with Crippen LogP contribution in [-0.2, 0) is 23.9 Å². The normalized spacial score (nSPS) is 12.8. The molecule has 4 N–H and O–H groups in total. The minimum Gasteiger partial charge on any atom is -0.508 e. The number of alkyl carbamates (subject to hydrolysis) is 1. The summed E-state index contributed by atoms with van der Waals surface area (Å²) in [6.07, 6.45) is -0.947. The lowest BCUT2D eigenvalue weighted by Crippen LogP contribution is -2.54. The summed E-state index contributed by atoms with van der Waals surface area (Å²) in [6.45, 7) is 9.47. The number of amides is 3. The molecule has 0 aliphatic heterocycles. The highest BCUT2D eigenvalue weighted by Crippen LogP contribution is 2.27. The molecule has 0 spiro atoms. The molecule has 0 radical (unpaired) electrons. The Morgan fingerprint density at radius 2 is 1.80 bits per heavy atom. The number of nitrogens with zero attached hydrogens (tertiary/aromatic N) is 1. The third-order valence-electron chi connectivity index (χ3n) is 4.83. The van der Waals surface area contributed by atoms with Crippen molar-refractivity contribution in [2.24, 2.45) is 0 Å². The number of aromatic hydroxyl groups is 1. The molecule has 0 fully saturated rings. The zero-order chi connectivity index (χ0) is 26.8. The maximum atomic E-state index is 13.3. The van der Waals surface area contributed by atoms with Crippen molar-refractivity contribution < 1.29 is 38.9 Å². The van der Waals surface area contributed by atoms with E-state index in [1.54, 1.807) is 47.6 Å². The second kappa shape index (κ2) is 13.5. The molecular weight excluding hydrogens is 458 g/mol. The highest BCUT2D eigenvalue weighted by atomic mass is 16.6. The molecule has 0 saturated heterocycles. The fourth-order valence-corrected chi connectivity index (χ4v) is 3.24. The minimum atomic E-state index is -1.36. The van der Waals surface area contributed by atoms with Crippen LogP contribution < -0.4 is 10.6 Å². The Balaban J connectivity index is 3.22. The number of rotatable bonds is 11. The SMILES string of the molecule is CCOC(=O)CCNC(=O)C(c1ccc(O)c(C)c1)N(CC)C(=O)C(CO)NC(=O)OC(C)(C)C. The number of aliphatic hydroxyl groups is 1. The summed E-state index contributed by atoms with van der Waals surface area (Å²) < 4.78 is 10.0. The number of nitrogens with one attached hydrogen (secondary N) is 2. The Bertz CT molecular complexity index is 897. The van der Waals surface area contributed by atoms with E-state index in [0.717, 1.165) is 0 Å². The Morgan fingerprint density at radius 3 is 2.31 bits per heavy atom. The lowest BCUT2D eigenvalue weighted by atomic mass is 10.0. The summed E-state index contributed by atoms with van der Waals surface area (Å²) >= 11 is 0. The lowest BCUT2D eigenvalue weighted by Gasteiger charge is -2.33. The number of hydrogen-bond acceptors (Lipinski definition) is 8. The standard InChI is InChI=1S/C24H37N3O8/c1-7-27(22(32)17(14-28)26-23(33)35-24(4,5)6)20(16-9-10-18(29)15(3)13-16)21(31)25-12-11-19(30)34-8-2/h9-10,13,17,20,28-29H,7-8,11-12,14H2,1-6H3,(H,25,31)(H,26,33). The fraction of sp³-hybridized carbons (Fsp3) is 0.583. The van der Waals surface area contributed by atoms with Crippen molar-refractivity contribution >= 4 is 23.9 Å². The molecule has 11 nitrogen and oxygen atoms in total. The van der Waals surface area contributed by atoms with Crippen molar-refractivity contribution in [1.29, 1.82) is 0 Å². The van der Waals surface area contributed by atoms with Gasteiger partial charge in [0, 0.05) is 13.1 Å². The molecule has 196 valence electrons. The van der Waals surface area contributed by atoms with E-state index >= 15 is 0 Å². The molecule has 2 atom stereocenters. The first-order valence-corrected chi connectivity index (χ1v) is 11.5. The maximum Gasteiger partial charge on any atom is 0.408 e. The lowest BCUT2D eigenvalue weighted by molar-refractivity contribution is -0.144. The highest BCUT2D eigenvalue weighted by Gasteiger charge is 2.35. The second-order valence-corrected chi connectivity index (χ2v) is 8.80. The van der Waals surface area contributed by atoms with Gasteiger partial charge in [0.2, 0.25) is 11.8 Å². The number of esters is 1. The molecule has 1 aromatic carbocycles. The van der Waals surface area contributed by atoms with Gasteiger partial charge in [0.05, 0.1) is 19.6 Å². The molecule has 0 saturated carbocycles. The number of ether oxygens (including phenoxy) is 2. The molecule has 0 aromatic heterocycles. The Morgan fingerprint density at radius 1 is 1.14 bits per heavy atom. The van der Waals surface area contributed by atoms with E-state index in [9.17, 15) is 29.4 Å². The van der Waals surface area contributed by atoms with Gasteiger partial charge in [-0.3, -0.25) is 14.4 Å². The average molecular weight is 496 g/mol. The van der Waals surface area contributed by atoms with Gasteiger partial charge in [0.1, 0.15) is 23.4 Å². The number of hydrogen-bond donors (Lipinski definition) is 4. The van der Waals surface area contributed by atoms with E-state index < -0.39 is 48.2 Å². The molecule has 3 amide bonds. The summed E-state index contributed by atoms with van der Waals surface area (Å²) in [5.74, 6) is -1.75. The van der Waals surface area contributed by atoms with E-state index in [1.165, 1.54) is 17.0 Å². The topological polar surface area (TPSA) is 154 Å².